The maximum absolute atomic E-state index is 8.67. The summed E-state index contributed by atoms with van der Waals surface area (Å²) in [5.41, 5.74) is 0.897. The molecule has 0 aliphatic carbocycles. The molecule has 0 saturated carbocycles. The zero-order chi connectivity index (χ0) is 13.3. The Morgan fingerprint density at radius 3 is 3.11 bits per heavy atom. The molecule has 19 heavy (non-hydrogen) atoms. The number of aromatic nitrogens is 2. The van der Waals surface area contributed by atoms with E-state index in [1.807, 2.05) is 35.0 Å². The fraction of sp³-hybridized carbons (Fsp3) is 0.267. The number of aliphatic hydroxyl groups is 1. The molecule has 0 radical (unpaired) electrons. The monoisotopic (exact) mass is 256 g/mol. The number of imidazole rings is 1. The van der Waals surface area contributed by atoms with Gasteiger partial charge in [-0.1, -0.05) is 17.9 Å². The third-order valence-electron chi connectivity index (χ3n) is 2.48. The van der Waals surface area contributed by atoms with Gasteiger partial charge in [-0.05, 0) is 18.2 Å². The number of hydrogen-bond donors (Lipinski definition) is 1. The summed E-state index contributed by atoms with van der Waals surface area (Å²) in [5.74, 6) is 6.68. The number of rotatable bonds is 5. The highest BCUT2D eigenvalue weighted by atomic mass is 16.5. The van der Waals surface area contributed by atoms with E-state index in [0.29, 0.717) is 13.0 Å². The highest BCUT2D eigenvalue weighted by Crippen LogP contribution is 2.12. The summed E-state index contributed by atoms with van der Waals surface area (Å²) in [6.45, 7) is 1.44. The molecule has 0 aliphatic rings. The van der Waals surface area contributed by atoms with Gasteiger partial charge in [-0.25, -0.2) is 4.98 Å². The van der Waals surface area contributed by atoms with Crippen molar-refractivity contribution < 1.29 is 9.84 Å². The van der Waals surface area contributed by atoms with E-state index in [0.717, 1.165) is 17.9 Å². The lowest BCUT2D eigenvalue weighted by atomic mass is 10.2. The van der Waals surface area contributed by atoms with Crippen LogP contribution in [0.5, 0.6) is 5.75 Å². The average molecular weight is 256 g/mol. The number of aliphatic hydroxyl groups excluding tert-OH is 1. The molecular weight excluding hydrogens is 240 g/mol. The molecule has 0 atom stereocenters. The van der Waals surface area contributed by atoms with Gasteiger partial charge in [0.05, 0.1) is 19.5 Å². The van der Waals surface area contributed by atoms with Gasteiger partial charge in [0.1, 0.15) is 12.4 Å². The Morgan fingerprint density at radius 1 is 1.37 bits per heavy atom. The summed E-state index contributed by atoms with van der Waals surface area (Å²) in [6.07, 6.45) is 5.91. The molecule has 0 saturated heterocycles. The first kappa shape index (κ1) is 13.2. The van der Waals surface area contributed by atoms with Crippen LogP contribution in [0.2, 0.25) is 0 Å². The van der Waals surface area contributed by atoms with Gasteiger partial charge in [0.25, 0.3) is 0 Å². The number of nitrogens with zero attached hydrogens (tertiary/aromatic N) is 2. The van der Waals surface area contributed by atoms with Crippen LogP contribution in [0, 0.1) is 11.8 Å². The summed E-state index contributed by atoms with van der Waals surface area (Å²) >= 11 is 0. The SMILES string of the molecule is OCCC#Cc1cccc(OCCn2ccnc2)c1. The van der Waals surface area contributed by atoms with Gasteiger partial charge < -0.3 is 14.4 Å². The molecule has 0 amide bonds. The van der Waals surface area contributed by atoms with Crippen LogP contribution in [0.3, 0.4) is 0 Å². The Bertz CT molecular complexity index is 553. The molecule has 0 fully saturated rings. The van der Waals surface area contributed by atoms with Crippen molar-refractivity contribution in [1.29, 1.82) is 0 Å². The van der Waals surface area contributed by atoms with Crippen molar-refractivity contribution in [3.8, 4) is 17.6 Å². The maximum Gasteiger partial charge on any atom is 0.120 e. The molecule has 4 heteroatoms. The Morgan fingerprint density at radius 2 is 2.32 bits per heavy atom. The Kier molecular flexibility index (Phi) is 5.03. The van der Waals surface area contributed by atoms with Crippen LogP contribution in [-0.2, 0) is 6.54 Å². The van der Waals surface area contributed by atoms with Gasteiger partial charge in [0, 0.05) is 24.4 Å². The zero-order valence-corrected chi connectivity index (χ0v) is 10.6. The molecule has 4 nitrogen and oxygen atoms in total. The van der Waals surface area contributed by atoms with E-state index in [1.165, 1.54) is 0 Å². The molecule has 0 unspecified atom stereocenters. The van der Waals surface area contributed by atoms with E-state index in [1.54, 1.807) is 12.5 Å². The normalized spacial score (nSPS) is 9.74. The van der Waals surface area contributed by atoms with Crippen LogP contribution < -0.4 is 4.74 Å². The summed E-state index contributed by atoms with van der Waals surface area (Å²) in [7, 11) is 0. The van der Waals surface area contributed by atoms with E-state index >= 15 is 0 Å². The minimum atomic E-state index is 0.0914. The average Bonchev–Trinajstić information content (AvgIpc) is 2.93. The van der Waals surface area contributed by atoms with Crippen molar-refractivity contribution in [2.45, 2.75) is 13.0 Å². The van der Waals surface area contributed by atoms with Gasteiger partial charge in [-0.2, -0.15) is 0 Å². The fourth-order valence-electron chi connectivity index (χ4n) is 1.57. The molecule has 0 bridgehead atoms. The largest absolute Gasteiger partial charge is 0.492 e. The second-order valence-corrected chi connectivity index (χ2v) is 3.95. The summed E-state index contributed by atoms with van der Waals surface area (Å²) in [4.78, 5) is 3.97. The molecule has 0 aliphatic heterocycles. The third-order valence-corrected chi connectivity index (χ3v) is 2.48. The Labute approximate surface area is 112 Å². The highest BCUT2D eigenvalue weighted by molar-refractivity contribution is 5.39. The first-order valence-electron chi connectivity index (χ1n) is 6.17. The van der Waals surface area contributed by atoms with Gasteiger partial charge in [-0.3, -0.25) is 0 Å². The van der Waals surface area contributed by atoms with Crippen molar-refractivity contribution in [3.05, 3.63) is 48.5 Å². The minimum absolute atomic E-state index is 0.0914. The first-order valence-corrected chi connectivity index (χ1v) is 6.17. The second kappa shape index (κ2) is 7.24. The topological polar surface area (TPSA) is 47.3 Å². The number of benzene rings is 1. The molecule has 2 aromatic rings. The lowest BCUT2D eigenvalue weighted by molar-refractivity contribution is 0.298. The molecule has 1 aromatic carbocycles. The molecule has 1 aromatic heterocycles. The van der Waals surface area contributed by atoms with Crippen molar-refractivity contribution in [2.24, 2.45) is 0 Å². The molecule has 1 heterocycles. The highest BCUT2D eigenvalue weighted by Gasteiger charge is 1.95. The summed E-state index contributed by atoms with van der Waals surface area (Å²) < 4.78 is 7.62. The number of hydrogen-bond acceptors (Lipinski definition) is 3. The lowest BCUT2D eigenvalue weighted by Crippen LogP contribution is -2.06. The maximum atomic E-state index is 8.67. The molecule has 0 spiro atoms. The minimum Gasteiger partial charge on any atom is -0.492 e. The van der Waals surface area contributed by atoms with Crippen LogP contribution >= 0.6 is 0 Å². The van der Waals surface area contributed by atoms with Gasteiger partial charge in [0.2, 0.25) is 0 Å². The van der Waals surface area contributed by atoms with Crippen LogP contribution in [0.15, 0.2) is 43.0 Å². The quantitative estimate of drug-likeness (QED) is 0.828. The summed E-state index contributed by atoms with van der Waals surface area (Å²) in [6, 6.07) is 7.64. The molecular formula is C15H16N2O2. The first-order chi connectivity index (χ1) is 9.38. The standard InChI is InChI=1S/C15H16N2O2/c18-10-2-1-4-14-5-3-6-15(12-14)19-11-9-17-8-7-16-13-17/h3,5-8,12-13,18H,2,9-11H2. The summed E-state index contributed by atoms with van der Waals surface area (Å²) in [5, 5.41) is 8.67. The lowest BCUT2D eigenvalue weighted by Gasteiger charge is -2.06. The van der Waals surface area contributed by atoms with E-state index in [4.69, 9.17) is 9.84 Å². The Balaban J connectivity index is 1.87. The van der Waals surface area contributed by atoms with Crippen molar-refractivity contribution in [2.75, 3.05) is 13.2 Å². The van der Waals surface area contributed by atoms with Crippen LogP contribution in [0.4, 0.5) is 0 Å². The predicted octanol–water partition coefficient (Wildman–Crippen LogP) is 1.70. The third kappa shape index (κ3) is 4.49. The van der Waals surface area contributed by atoms with Gasteiger partial charge in [-0.15, -0.1) is 0 Å². The number of ether oxygens (including phenoxy) is 1. The second-order valence-electron chi connectivity index (χ2n) is 3.95. The van der Waals surface area contributed by atoms with E-state index in [-0.39, 0.29) is 6.61 Å². The van der Waals surface area contributed by atoms with Gasteiger partial charge >= 0.3 is 0 Å². The van der Waals surface area contributed by atoms with Crippen molar-refractivity contribution in [1.82, 2.24) is 9.55 Å². The predicted molar refractivity (Wildman–Crippen MR) is 72.7 cm³/mol. The zero-order valence-electron chi connectivity index (χ0n) is 10.6. The fourth-order valence-corrected chi connectivity index (χ4v) is 1.57. The van der Waals surface area contributed by atoms with Crippen LogP contribution in [0.25, 0.3) is 0 Å². The van der Waals surface area contributed by atoms with Crippen molar-refractivity contribution in [3.63, 3.8) is 0 Å². The van der Waals surface area contributed by atoms with Gasteiger partial charge in [0.15, 0.2) is 0 Å². The van der Waals surface area contributed by atoms with E-state index < -0.39 is 0 Å². The van der Waals surface area contributed by atoms with Crippen molar-refractivity contribution >= 4 is 0 Å². The molecule has 1 N–H and O–H groups in total. The van der Waals surface area contributed by atoms with E-state index in [2.05, 4.69) is 16.8 Å². The van der Waals surface area contributed by atoms with Crippen LogP contribution in [-0.4, -0.2) is 27.9 Å². The molecule has 2 rings (SSSR count). The van der Waals surface area contributed by atoms with E-state index in [9.17, 15) is 0 Å². The smallest absolute Gasteiger partial charge is 0.120 e. The van der Waals surface area contributed by atoms with Crippen LogP contribution in [0.1, 0.15) is 12.0 Å². The molecule has 98 valence electrons. The Hall–Kier alpha value is -2.25.